The molecule has 7 heteroatoms. The van der Waals surface area contributed by atoms with E-state index in [2.05, 4.69) is 4.74 Å². The number of benzene rings is 1. The van der Waals surface area contributed by atoms with Gasteiger partial charge in [-0.25, -0.2) is 13.2 Å². The third kappa shape index (κ3) is 3.81. The molecule has 1 heterocycles. The van der Waals surface area contributed by atoms with Crippen molar-refractivity contribution in [3.63, 3.8) is 0 Å². The van der Waals surface area contributed by atoms with Crippen molar-refractivity contribution in [2.45, 2.75) is 24.7 Å². The summed E-state index contributed by atoms with van der Waals surface area (Å²) in [5, 5.41) is 9.86. The molecule has 1 atom stereocenters. The standard InChI is InChI=1S/C14H19NO5S/c1-14(17)7-8-15(10-14)21(18,19)9-11-3-5-12(6-4-11)13(16)20-2/h3-6,17H,7-10H2,1-2H3. The molecule has 0 saturated carbocycles. The molecule has 1 aliphatic rings. The Labute approximate surface area is 124 Å². The summed E-state index contributed by atoms with van der Waals surface area (Å²) >= 11 is 0. The Morgan fingerprint density at radius 3 is 2.48 bits per heavy atom. The highest BCUT2D eigenvalue weighted by molar-refractivity contribution is 7.88. The highest BCUT2D eigenvalue weighted by Crippen LogP contribution is 2.24. The number of hydrogen-bond acceptors (Lipinski definition) is 5. The van der Waals surface area contributed by atoms with Crippen molar-refractivity contribution in [3.8, 4) is 0 Å². The molecule has 6 nitrogen and oxygen atoms in total. The normalized spacial score (nSPS) is 23.2. The first-order valence-electron chi connectivity index (χ1n) is 6.61. The molecule has 0 amide bonds. The molecular formula is C14H19NO5S. The predicted molar refractivity (Wildman–Crippen MR) is 77.2 cm³/mol. The Morgan fingerprint density at radius 2 is 2.00 bits per heavy atom. The highest BCUT2D eigenvalue weighted by atomic mass is 32.2. The minimum atomic E-state index is -3.47. The molecule has 2 rings (SSSR count). The number of ether oxygens (including phenoxy) is 1. The van der Waals surface area contributed by atoms with Gasteiger partial charge < -0.3 is 9.84 Å². The fourth-order valence-corrected chi connectivity index (χ4v) is 3.94. The van der Waals surface area contributed by atoms with Crippen LogP contribution in [0.5, 0.6) is 0 Å². The number of carbonyl (C=O) groups excluding carboxylic acids is 1. The molecular weight excluding hydrogens is 294 g/mol. The van der Waals surface area contributed by atoms with Gasteiger partial charge in [-0.2, -0.15) is 4.31 Å². The van der Waals surface area contributed by atoms with E-state index in [0.29, 0.717) is 24.1 Å². The van der Waals surface area contributed by atoms with Crippen molar-refractivity contribution in [3.05, 3.63) is 35.4 Å². The van der Waals surface area contributed by atoms with E-state index in [1.54, 1.807) is 19.1 Å². The van der Waals surface area contributed by atoms with E-state index >= 15 is 0 Å². The van der Waals surface area contributed by atoms with Gasteiger partial charge in [0.15, 0.2) is 0 Å². The molecule has 1 aliphatic heterocycles. The Morgan fingerprint density at radius 1 is 1.38 bits per heavy atom. The number of rotatable bonds is 4. The first-order chi connectivity index (χ1) is 9.73. The minimum absolute atomic E-state index is 0.121. The van der Waals surface area contributed by atoms with Gasteiger partial charge in [-0.3, -0.25) is 0 Å². The smallest absolute Gasteiger partial charge is 0.337 e. The summed E-state index contributed by atoms with van der Waals surface area (Å²) in [4.78, 5) is 11.3. The summed E-state index contributed by atoms with van der Waals surface area (Å²) in [5.41, 5.74) is 0.0129. The SMILES string of the molecule is COC(=O)c1ccc(CS(=O)(=O)N2CCC(C)(O)C2)cc1. The Kier molecular flexibility index (Phi) is 4.36. The van der Waals surface area contributed by atoms with Crippen LogP contribution in [-0.2, 0) is 20.5 Å². The summed E-state index contributed by atoms with van der Waals surface area (Å²) < 4.78 is 30.5. The molecule has 21 heavy (non-hydrogen) atoms. The van der Waals surface area contributed by atoms with Crippen LogP contribution in [0.2, 0.25) is 0 Å². The largest absolute Gasteiger partial charge is 0.465 e. The molecule has 1 aromatic rings. The van der Waals surface area contributed by atoms with Crippen LogP contribution in [0.3, 0.4) is 0 Å². The van der Waals surface area contributed by atoms with Crippen molar-refractivity contribution in [2.75, 3.05) is 20.2 Å². The lowest BCUT2D eigenvalue weighted by Gasteiger charge is -2.19. The number of hydrogen-bond donors (Lipinski definition) is 1. The van der Waals surface area contributed by atoms with Gasteiger partial charge in [-0.1, -0.05) is 12.1 Å². The number of β-amino-alcohol motifs (C(OH)–C–C–N with tert-alkyl or cyclic N) is 1. The molecule has 0 bridgehead atoms. The van der Waals surface area contributed by atoms with E-state index in [9.17, 15) is 18.3 Å². The Balaban J connectivity index is 2.09. The summed E-state index contributed by atoms with van der Waals surface area (Å²) in [6, 6.07) is 6.27. The van der Waals surface area contributed by atoms with Crippen LogP contribution in [0.15, 0.2) is 24.3 Å². The highest BCUT2D eigenvalue weighted by Gasteiger charge is 2.37. The zero-order chi connectivity index (χ0) is 15.7. The summed E-state index contributed by atoms with van der Waals surface area (Å²) in [7, 11) is -2.17. The van der Waals surface area contributed by atoms with Crippen molar-refractivity contribution in [2.24, 2.45) is 0 Å². The number of aliphatic hydroxyl groups is 1. The summed E-state index contributed by atoms with van der Waals surface area (Å²) in [6.07, 6.45) is 0.438. The fraction of sp³-hybridized carbons (Fsp3) is 0.500. The van der Waals surface area contributed by atoms with Crippen LogP contribution in [0.25, 0.3) is 0 Å². The summed E-state index contributed by atoms with van der Waals surface area (Å²) in [5.74, 6) is -0.607. The zero-order valence-corrected chi connectivity index (χ0v) is 12.9. The number of methoxy groups -OCH3 is 1. The molecule has 1 aromatic carbocycles. The zero-order valence-electron chi connectivity index (χ0n) is 12.1. The first kappa shape index (κ1) is 15.9. The second-order valence-corrected chi connectivity index (χ2v) is 7.49. The predicted octanol–water partition coefficient (Wildman–Crippen LogP) is 0.760. The molecule has 0 spiro atoms. The topological polar surface area (TPSA) is 83.9 Å². The molecule has 0 aliphatic carbocycles. The van der Waals surface area contributed by atoms with Crippen LogP contribution < -0.4 is 0 Å². The maximum absolute atomic E-state index is 12.3. The van der Waals surface area contributed by atoms with Crippen LogP contribution in [0, 0.1) is 0 Å². The monoisotopic (exact) mass is 313 g/mol. The van der Waals surface area contributed by atoms with Gasteiger partial charge in [-0.15, -0.1) is 0 Å². The number of esters is 1. The molecule has 1 N–H and O–H groups in total. The van der Waals surface area contributed by atoms with Crippen LogP contribution in [0.1, 0.15) is 29.3 Å². The van der Waals surface area contributed by atoms with Gasteiger partial charge in [0.25, 0.3) is 0 Å². The van der Waals surface area contributed by atoms with E-state index in [0.717, 1.165) is 0 Å². The fourth-order valence-electron chi connectivity index (χ4n) is 2.30. The Hall–Kier alpha value is -1.44. The third-order valence-electron chi connectivity index (χ3n) is 3.53. The Bertz CT molecular complexity index is 621. The van der Waals surface area contributed by atoms with Crippen LogP contribution >= 0.6 is 0 Å². The van der Waals surface area contributed by atoms with Crippen molar-refractivity contribution in [1.82, 2.24) is 4.31 Å². The van der Waals surface area contributed by atoms with E-state index in [1.165, 1.54) is 23.5 Å². The lowest BCUT2D eigenvalue weighted by molar-refractivity contribution is 0.0600. The summed E-state index contributed by atoms with van der Waals surface area (Å²) in [6.45, 7) is 2.08. The minimum Gasteiger partial charge on any atom is -0.465 e. The van der Waals surface area contributed by atoms with Gasteiger partial charge >= 0.3 is 5.97 Å². The number of carbonyl (C=O) groups is 1. The first-order valence-corrected chi connectivity index (χ1v) is 8.22. The average molecular weight is 313 g/mol. The van der Waals surface area contributed by atoms with Gasteiger partial charge in [0, 0.05) is 13.1 Å². The lowest BCUT2D eigenvalue weighted by Crippen LogP contribution is -2.34. The molecule has 116 valence electrons. The maximum Gasteiger partial charge on any atom is 0.337 e. The molecule has 1 unspecified atom stereocenters. The van der Waals surface area contributed by atoms with Crippen molar-refractivity contribution < 1.29 is 23.1 Å². The van der Waals surface area contributed by atoms with E-state index < -0.39 is 21.6 Å². The van der Waals surface area contributed by atoms with Crippen molar-refractivity contribution in [1.29, 1.82) is 0 Å². The third-order valence-corrected chi connectivity index (χ3v) is 5.33. The van der Waals surface area contributed by atoms with E-state index in [1.807, 2.05) is 0 Å². The van der Waals surface area contributed by atoms with Gasteiger partial charge in [-0.05, 0) is 31.0 Å². The second kappa shape index (κ2) is 5.75. The quantitative estimate of drug-likeness (QED) is 0.830. The molecule has 1 fully saturated rings. The van der Waals surface area contributed by atoms with Gasteiger partial charge in [0.1, 0.15) is 0 Å². The molecule has 1 saturated heterocycles. The van der Waals surface area contributed by atoms with E-state index in [4.69, 9.17) is 0 Å². The average Bonchev–Trinajstić information content (AvgIpc) is 2.79. The van der Waals surface area contributed by atoms with Gasteiger partial charge in [0.05, 0.1) is 24.0 Å². The molecule has 0 aromatic heterocycles. The second-order valence-electron chi connectivity index (χ2n) is 5.53. The van der Waals surface area contributed by atoms with Gasteiger partial charge in [0.2, 0.25) is 10.0 Å². The van der Waals surface area contributed by atoms with E-state index in [-0.39, 0.29) is 12.3 Å². The lowest BCUT2D eigenvalue weighted by atomic mass is 10.1. The van der Waals surface area contributed by atoms with Crippen molar-refractivity contribution >= 4 is 16.0 Å². The number of sulfonamides is 1. The van der Waals surface area contributed by atoms with Crippen LogP contribution in [0.4, 0.5) is 0 Å². The van der Waals surface area contributed by atoms with Crippen LogP contribution in [-0.4, -0.2) is 49.6 Å². The number of nitrogens with zero attached hydrogens (tertiary/aromatic N) is 1. The maximum atomic E-state index is 12.3. The molecule has 0 radical (unpaired) electrons.